The Kier molecular flexibility index (Phi) is 3.69. The highest BCUT2D eigenvalue weighted by Gasteiger charge is 2.32. The number of halogens is 1. The van der Waals surface area contributed by atoms with E-state index in [0.717, 1.165) is 6.42 Å². The Balaban J connectivity index is 2.32. The van der Waals surface area contributed by atoms with Crippen molar-refractivity contribution in [2.45, 2.75) is 19.4 Å². The average Bonchev–Trinajstić information content (AvgIpc) is 2.74. The molecule has 0 spiro atoms. The number of hydrogen-bond acceptors (Lipinski definition) is 3. The number of ether oxygens (including phenoxy) is 2. The third kappa shape index (κ3) is 2.45. The lowest BCUT2D eigenvalue weighted by Crippen LogP contribution is -2.22. The number of carbonyl (C=O) groups is 1. The van der Waals surface area contributed by atoms with Gasteiger partial charge in [0.15, 0.2) is 5.78 Å². The summed E-state index contributed by atoms with van der Waals surface area (Å²) in [5.41, 5.74) is 0.544. The highest BCUT2D eigenvalue weighted by atomic mass is 35.5. The van der Waals surface area contributed by atoms with Crippen molar-refractivity contribution in [2.24, 2.45) is 5.92 Å². The van der Waals surface area contributed by atoms with E-state index in [4.69, 9.17) is 21.1 Å². The van der Waals surface area contributed by atoms with Crippen LogP contribution in [-0.4, -0.2) is 25.6 Å². The van der Waals surface area contributed by atoms with Crippen molar-refractivity contribution in [3.05, 3.63) is 28.8 Å². The Hall–Kier alpha value is -1.06. The summed E-state index contributed by atoms with van der Waals surface area (Å²) in [6.45, 7) is 2.56. The molecule has 1 saturated heterocycles. The largest absolute Gasteiger partial charge is 0.496 e. The molecule has 0 radical (unpaired) electrons. The fourth-order valence-electron chi connectivity index (χ4n) is 2.15. The van der Waals surface area contributed by atoms with Crippen LogP contribution in [0.1, 0.15) is 23.7 Å². The maximum atomic E-state index is 12.4. The third-order valence-corrected chi connectivity index (χ3v) is 3.38. The summed E-state index contributed by atoms with van der Waals surface area (Å²) < 4.78 is 10.6. The first-order chi connectivity index (χ1) is 8.13. The second kappa shape index (κ2) is 5.07. The molecule has 92 valence electrons. The highest BCUT2D eigenvalue weighted by molar-refractivity contribution is 6.31. The molecule has 1 heterocycles. The van der Waals surface area contributed by atoms with Crippen LogP contribution in [0, 0.1) is 5.92 Å². The predicted molar refractivity (Wildman–Crippen MR) is 65.9 cm³/mol. The Morgan fingerprint density at radius 3 is 2.88 bits per heavy atom. The molecular weight excluding hydrogens is 240 g/mol. The van der Waals surface area contributed by atoms with Crippen LogP contribution >= 0.6 is 11.6 Å². The summed E-state index contributed by atoms with van der Waals surface area (Å²) in [5, 5.41) is 0.542. The maximum Gasteiger partial charge on any atom is 0.172 e. The molecule has 1 fully saturated rings. The Morgan fingerprint density at radius 2 is 2.29 bits per heavy atom. The van der Waals surface area contributed by atoms with Crippen LogP contribution < -0.4 is 4.74 Å². The van der Waals surface area contributed by atoms with E-state index < -0.39 is 0 Å². The molecule has 3 nitrogen and oxygen atoms in total. The minimum atomic E-state index is -0.0950. The summed E-state index contributed by atoms with van der Waals surface area (Å²) in [7, 11) is 1.55. The lowest BCUT2D eigenvalue weighted by atomic mass is 9.92. The van der Waals surface area contributed by atoms with E-state index in [1.54, 1.807) is 25.3 Å². The van der Waals surface area contributed by atoms with Crippen LogP contribution in [0.25, 0.3) is 0 Å². The molecule has 1 aliphatic rings. The van der Waals surface area contributed by atoms with Gasteiger partial charge in [0, 0.05) is 11.6 Å². The predicted octanol–water partition coefficient (Wildman–Crippen LogP) is 2.96. The number of rotatable bonds is 3. The monoisotopic (exact) mass is 254 g/mol. The summed E-state index contributed by atoms with van der Waals surface area (Å²) in [6.07, 6.45) is 0.724. The first kappa shape index (κ1) is 12.4. The van der Waals surface area contributed by atoms with Crippen LogP contribution in [0.5, 0.6) is 5.75 Å². The SMILES string of the molecule is COc1ccc(Cl)cc1C(=O)C1CCOC1C. The van der Waals surface area contributed by atoms with Gasteiger partial charge in [0.1, 0.15) is 5.75 Å². The van der Waals surface area contributed by atoms with Gasteiger partial charge in [-0.25, -0.2) is 0 Å². The second-order valence-electron chi connectivity index (χ2n) is 4.18. The zero-order chi connectivity index (χ0) is 12.4. The van der Waals surface area contributed by atoms with Crippen molar-refractivity contribution >= 4 is 17.4 Å². The maximum absolute atomic E-state index is 12.4. The molecule has 2 rings (SSSR count). The molecule has 4 heteroatoms. The number of methoxy groups -OCH3 is 1. The van der Waals surface area contributed by atoms with Crippen LogP contribution in [0.15, 0.2) is 18.2 Å². The van der Waals surface area contributed by atoms with Crippen molar-refractivity contribution in [3.8, 4) is 5.75 Å². The lowest BCUT2D eigenvalue weighted by Gasteiger charge is -2.15. The highest BCUT2D eigenvalue weighted by Crippen LogP contribution is 2.30. The van der Waals surface area contributed by atoms with E-state index in [0.29, 0.717) is 22.9 Å². The van der Waals surface area contributed by atoms with Crippen molar-refractivity contribution < 1.29 is 14.3 Å². The molecule has 0 bridgehead atoms. The van der Waals surface area contributed by atoms with Crippen molar-refractivity contribution in [3.63, 3.8) is 0 Å². The Labute approximate surface area is 106 Å². The minimum Gasteiger partial charge on any atom is -0.496 e. The smallest absolute Gasteiger partial charge is 0.172 e. The fourth-order valence-corrected chi connectivity index (χ4v) is 2.32. The summed E-state index contributed by atoms with van der Waals surface area (Å²) in [4.78, 5) is 12.4. The molecule has 0 aliphatic carbocycles. The Bertz CT molecular complexity index is 431. The molecular formula is C13H15ClO3. The van der Waals surface area contributed by atoms with Crippen LogP contribution in [0.2, 0.25) is 5.02 Å². The van der Waals surface area contributed by atoms with Gasteiger partial charge in [-0.15, -0.1) is 0 Å². The van der Waals surface area contributed by atoms with Crippen molar-refractivity contribution in [1.82, 2.24) is 0 Å². The van der Waals surface area contributed by atoms with Gasteiger partial charge in [0.05, 0.1) is 24.7 Å². The quantitative estimate of drug-likeness (QED) is 0.778. The van der Waals surface area contributed by atoms with Gasteiger partial charge in [0.25, 0.3) is 0 Å². The molecule has 0 amide bonds. The third-order valence-electron chi connectivity index (χ3n) is 3.14. The summed E-state index contributed by atoms with van der Waals surface area (Å²) >= 11 is 5.92. The number of hydrogen-bond donors (Lipinski definition) is 0. The molecule has 0 aromatic heterocycles. The first-order valence-electron chi connectivity index (χ1n) is 5.63. The van der Waals surface area contributed by atoms with Gasteiger partial charge < -0.3 is 9.47 Å². The van der Waals surface area contributed by atoms with Gasteiger partial charge in [-0.1, -0.05) is 11.6 Å². The van der Waals surface area contributed by atoms with Gasteiger partial charge in [-0.05, 0) is 31.5 Å². The van der Waals surface area contributed by atoms with E-state index in [1.807, 2.05) is 6.92 Å². The fraction of sp³-hybridized carbons (Fsp3) is 0.462. The van der Waals surface area contributed by atoms with E-state index in [1.165, 1.54) is 0 Å². The van der Waals surface area contributed by atoms with Crippen molar-refractivity contribution in [2.75, 3.05) is 13.7 Å². The van der Waals surface area contributed by atoms with E-state index in [2.05, 4.69) is 0 Å². The number of benzene rings is 1. The normalized spacial score (nSPS) is 23.7. The standard InChI is InChI=1S/C13H15ClO3/c1-8-10(5-6-17-8)13(15)11-7-9(14)3-4-12(11)16-2/h3-4,7-8,10H,5-6H2,1-2H3. The number of carbonyl (C=O) groups excluding carboxylic acids is 1. The molecule has 2 atom stereocenters. The van der Waals surface area contributed by atoms with E-state index >= 15 is 0 Å². The van der Waals surface area contributed by atoms with Crippen LogP contribution in [0.4, 0.5) is 0 Å². The van der Waals surface area contributed by atoms with Gasteiger partial charge in [0.2, 0.25) is 0 Å². The number of ketones is 1. The van der Waals surface area contributed by atoms with Crippen LogP contribution in [-0.2, 0) is 4.74 Å². The topological polar surface area (TPSA) is 35.5 Å². The zero-order valence-corrected chi connectivity index (χ0v) is 10.7. The zero-order valence-electron chi connectivity index (χ0n) is 9.90. The average molecular weight is 255 g/mol. The molecule has 17 heavy (non-hydrogen) atoms. The van der Waals surface area contributed by atoms with Gasteiger partial charge in [-0.3, -0.25) is 4.79 Å². The van der Waals surface area contributed by atoms with Gasteiger partial charge in [-0.2, -0.15) is 0 Å². The summed E-state index contributed by atoms with van der Waals surface area (Å²) in [5.74, 6) is 0.523. The van der Waals surface area contributed by atoms with E-state index in [9.17, 15) is 4.79 Å². The van der Waals surface area contributed by atoms with Gasteiger partial charge >= 0.3 is 0 Å². The molecule has 1 aliphatic heterocycles. The number of Topliss-reactive ketones (excluding diaryl/α,β-unsaturated/α-hetero) is 1. The molecule has 2 unspecified atom stereocenters. The molecule has 0 saturated carbocycles. The summed E-state index contributed by atoms with van der Waals surface area (Å²) in [6, 6.07) is 5.09. The molecule has 1 aromatic carbocycles. The van der Waals surface area contributed by atoms with E-state index in [-0.39, 0.29) is 17.8 Å². The first-order valence-corrected chi connectivity index (χ1v) is 6.00. The van der Waals surface area contributed by atoms with Crippen LogP contribution in [0.3, 0.4) is 0 Å². The Morgan fingerprint density at radius 1 is 1.53 bits per heavy atom. The molecule has 0 N–H and O–H groups in total. The molecule has 1 aromatic rings. The van der Waals surface area contributed by atoms with Crippen molar-refractivity contribution in [1.29, 1.82) is 0 Å². The minimum absolute atomic E-state index is 0.0359. The lowest BCUT2D eigenvalue weighted by molar-refractivity contribution is 0.0762. The second-order valence-corrected chi connectivity index (χ2v) is 4.62.